The van der Waals surface area contributed by atoms with E-state index in [0.29, 0.717) is 55.8 Å². The van der Waals surface area contributed by atoms with Crippen LogP contribution in [0.5, 0.6) is 11.5 Å². The van der Waals surface area contributed by atoms with Gasteiger partial charge < -0.3 is 62.0 Å². The summed E-state index contributed by atoms with van der Waals surface area (Å²) in [5.74, 6) is 8.01. The number of Topliss-reactive ketones (excluding diaryl/α,β-unsaturated/α-hetero) is 2. The Kier molecular flexibility index (Phi) is 16.9. The number of benzene rings is 4. The number of methoxy groups -OCH3 is 1. The van der Waals surface area contributed by atoms with E-state index in [9.17, 15) is 35.4 Å². The topological polar surface area (TPSA) is 243 Å². The van der Waals surface area contributed by atoms with Crippen molar-refractivity contribution in [1.82, 2.24) is 20.9 Å². The van der Waals surface area contributed by atoms with Gasteiger partial charge in [-0.2, -0.15) is 0 Å². The number of ketones is 2. The summed E-state index contributed by atoms with van der Waals surface area (Å²) in [6.45, 7) is 7.05. The normalized spacial score (nSPS) is 32.6. The van der Waals surface area contributed by atoms with E-state index in [2.05, 4.69) is 113 Å². The number of aromatic hydroxyl groups is 1. The first-order valence-electron chi connectivity index (χ1n) is 32.7. The van der Waals surface area contributed by atoms with E-state index < -0.39 is 35.9 Å². The number of aliphatic hydroxyl groups excluding tert-OH is 4. The van der Waals surface area contributed by atoms with Crippen molar-refractivity contribution < 1.29 is 45.0 Å². The molecule has 3 heterocycles. The van der Waals surface area contributed by atoms with Crippen molar-refractivity contribution in [3.8, 4) is 23.3 Å². The molecule has 3 saturated carbocycles. The second-order valence-corrected chi connectivity index (χ2v) is 27.2. The Morgan fingerprint density at radius 1 is 0.885 bits per heavy atom. The van der Waals surface area contributed by atoms with Gasteiger partial charge in [0.15, 0.2) is 23.6 Å². The average Bonchev–Trinajstić information content (AvgIpc) is 1.68. The predicted octanol–water partition coefficient (Wildman–Crippen LogP) is 8.61. The Balaban J connectivity index is 0.840. The fourth-order valence-electron chi connectivity index (χ4n) is 19.1. The van der Waals surface area contributed by atoms with E-state index in [1.807, 2.05) is 18.2 Å². The minimum Gasteiger partial charge on any atom is -0.504 e. The molecule has 1 aromatic heterocycles. The molecule has 0 radical (unpaired) electrons. The number of phenolic OH excluding ortho intramolecular Hbond substituents is 1. The van der Waals surface area contributed by atoms with Crippen molar-refractivity contribution in [3.63, 3.8) is 0 Å². The van der Waals surface area contributed by atoms with Gasteiger partial charge in [0.25, 0.3) is 0 Å². The minimum absolute atomic E-state index is 0.0167. The van der Waals surface area contributed by atoms with Crippen LogP contribution in [-0.4, -0.2) is 111 Å². The maximum atomic E-state index is 15.3. The first-order valence-corrected chi connectivity index (χ1v) is 32.7. The number of piperidine rings is 1. The molecule has 13 rings (SSSR count). The first kappa shape index (κ1) is 59.7. The molecule has 1 saturated heterocycles. The van der Waals surface area contributed by atoms with Crippen molar-refractivity contribution in [1.29, 1.82) is 0 Å². The summed E-state index contributed by atoms with van der Waals surface area (Å²) >= 11 is 0. The number of aryl methyl sites for hydroxylation is 1. The van der Waals surface area contributed by atoms with Crippen LogP contribution in [-0.2, 0) is 22.4 Å². The zero-order valence-corrected chi connectivity index (χ0v) is 50.6. The van der Waals surface area contributed by atoms with Crippen LogP contribution in [0.25, 0.3) is 10.8 Å². The van der Waals surface area contributed by atoms with E-state index in [1.54, 1.807) is 12.1 Å². The minimum atomic E-state index is -1.48. The molecule has 18 atom stereocenters. The highest BCUT2D eigenvalue weighted by Gasteiger charge is 2.66. The van der Waals surface area contributed by atoms with E-state index in [0.717, 1.165) is 71.9 Å². The third kappa shape index (κ3) is 10.8. The van der Waals surface area contributed by atoms with Crippen LogP contribution in [0.15, 0.2) is 114 Å². The number of nitrogens with two attached hydrogens (primary N) is 1. The second-order valence-electron chi connectivity index (χ2n) is 27.2. The Morgan fingerprint density at radius 2 is 1.69 bits per heavy atom. The van der Waals surface area contributed by atoms with Gasteiger partial charge in [0, 0.05) is 66.9 Å². The van der Waals surface area contributed by atoms with Crippen molar-refractivity contribution in [2.45, 2.75) is 158 Å². The molecule has 6 aliphatic carbocycles. The van der Waals surface area contributed by atoms with Gasteiger partial charge in [-0.3, -0.25) is 9.59 Å². The summed E-state index contributed by atoms with van der Waals surface area (Å²) in [5.41, 5.74) is 14.8. The molecule has 14 nitrogen and oxygen atoms in total. The summed E-state index contributed by atoms with van der Waals surface area (Å²) in [6.07, 6.45) is 4.70. The average molecular weight is 1180 g/mol. The predicted molar refractivity (Wildman–Crippen MR) is 335 cm³/mol. The van der Waals surface area contributed by atoms with Gasteiger partial charge in [0.05, 0.1) is 31.2 Å². The third-order valence-corrected chi connectivity index (χ3v) is 23.0. The van der Waals surface area contributed by atoms with Crippen molar-refractivity contribution >= 4 is 22.3 Å². The molecule has 5 aromatic rings. The van der Waals surface area contributed by atoms with Crippen LogP contribution in [0.1, 0.15) is 153 Å². The van der Waals surface area contributed by atoms with Gasteiger partial charge in [-0.15, -0.1) is 0 Å². The highest BCUT2D eigenvalue weighted by atomic mass is 16.5. The zero-order chi connectivity index (χ0) is 60.4. The lowest BCUT2D eigenvalue weighted by Crippen LogP contribution is -2.67. The van der Waals surface area contributed by atoms with Crippen LogP contribution in [0.4, 0.5) is 0 Å². The number of nitrogens with one attached hydrogen (secondary N) is 4. The smallest absolute Gasteiger partial charge is 0.160 e. The number of aromatic nitrogens is 1. The highest BCUT2D eigenvalue weighted by molar-refractivity contribution is 5.89. The molecule has 4 fully saturated rings. The molecule has 18 unspecified atom stereocenters. The van der Waals surface area contributed by atoms with Crippen LogP contribution < -0.4 is 26.4 Å². The van der Waals surface area contributed by atoms with Gasteiger partial charge in [0.2, 0.25) is 0 Å². The number of carbonyl (C=O) groups excluding carboxylic acids is 2. The van der Waals surface area contributed by atoms with E-state index in [4.69, 9.17) is 10.5 Å². The Labute approximate surface area is 511 Å². The Hall–Kier alpha value is -6.28. The van der Waals surface area contributed by atoms with Crippen LogP contribution >= 0.6 is 0 Å². The first-order chi connectivity index (χ1) is 42.2. The maximum absolute atomic E-state index is 15.3. The zero-order valence-electron chi connectivity index (χ0n) is 50.6. The molecule has 460 valence electrons. The van der Waals surface area contributed by atoms with Gasteiger partial charge >= 0.3 is 0 Å². The Bertz CT molecular complexity index is 3510. The number of hydrogen-bond acceptors (Lipinski definition) is 13. The molecule has 8 aliphatic rings. The number of fused-ring (bicyclic) bond motifs is 3. The molecule has 14 heteroatoms. The lowest BCUT2D eigenvalue weighted by atomic mass is 9.41. The summed E-state index contributed by atoms with van der Waals surface area (Å²) < 4.78 is 5.62. The maximum Gasteiger partial charge on any atom is 0.160 e. The fourth-order valence-corrected chi connectivity index (χ4v) is 19.1. The largest absolute Gasteiger partial charge is 0.504 e. The van der Waals surface area contributed by atoms with Gasteiger partial charge in [-0.1, -0.05) is 98.5 Å². The lowest BCUT2D eigenvalue weighted by Gasteiger charge is -2.65. The van der Waals surface area contributed by atoms with E-state index >= 15 is 4.79 Å². The second kappa shape index (κ2) is 24.6. The number of rotatable bonds is 18. The van der Waals surface area contributed by atoms with Gasteiger partial charge in [0.1, 0.15) is 11.2 Å². The number of dihydropyridines is 1. The number of carbonyl (C=O) groups is 2. The standard InChI is InChI=1S/C73H89N5O9/c1-4-40-35-77-64(74)33-51(40)50(43-16-15-41-13-9-10-14-42(41)26-43)32-59(81)58(80)28-45-21-23-73(62(83)19-17-44-29-61(87-3)60(82)31-49(44)45)24-22-46(30-63(73)84)66-48(18-20-65(85)86)54-38-76-56-34-57(79)52-27-47(25-39-11-7-6-8-12-39)53-37-78-72-69(53)67(52)71(56)68(54)70(72)55(66)36-75-5-2/h6-16,26,29,31,33,37,45-48,50,52,54-56,58-59,63,65-68,70-71,75-78,80-82,84-86H,4-5,17-20,22,24-25,27-28,30,32,34-36,38,74H2,1-3H3. The molecule has 1 spiro atoms. The molecule has 2 aliphatic heterocycles. The number of phenols is 1. The van der Waals surface area contributed by atoms with Crippen molar-refractivity contribution in [2.75, 3.05) is 33.3 Å². The number of ether oxygens (including phenoxy) is 1. The van der Waals surface area contributed by atoms with Gasteiger partial charge in [-0.25, -0.2) is 0 Å². The molecule has 4 aromatic carbocycles. The molecular formula is C73H89N5O9. The number of H-pyrrole nitrogens is 1. The van der Waals surface area contributed by atoms with Crippen molar-refractivity contribution in [2.24, 2.45) is 58.5 Å². The summed E-state index contributed by atoms with van der Waals surface area (Å²) in [7, 11) is 1.49. The molecule has 0 amide bonds. The fraction of sp³-hybridized carbons (Fsp3) is 0.534. The molecule has 87 heavy (non-hydrogen) atoms. The molecule has 12 N–H and O–H groups in total. The van der Waals surface area contributed by atoms with Crippen molar-refractivity contribution in [3.05, 3.63) is 153 Å². The monoisotopic (exact) mass is 1180 g/mol. The lowest BCUT2D eigenvalue weighted by molar-refractivity contribution is -0.146. The van der Waals surface area contributed by atoms with Crippen LogP contribution in [0, 0.1) is 64.6 Å². The van der Waals surface area contributed by atoms with Gasteiger partial charge in [-0.05, 0) is 211 Å². The SMILES string of the molecule is CCNCC1C2c3[nH]cc4c3C3C(CC4Cc4ccccc4)C(=O)CC4NCC(C(CCC(O)O)C1C1CCC5(C#CC(CC(O)C(O)CC(C6=C(CC)CNC(N)=C6)c6ccc7ccccc7c6)c6cc(O)c(OC)cc6CCC5=O)C(O)C1)C2C43. The molecule has 0 bridgehead atoms. The quantitative estimate of drug-likeness (QED) is 0.0291. The Morgan fingerprint density at radius 3 is 2.46 bits per heavy atom. The highest BCUT2D eigenvalue weighted by Crippen LogP contribution is 2.69. The number of hydrogen-bond donors (Lipinski definition) is 11. The van der Waals surface area contributed by atoms with Crippen LogP contribution in [0.3, 0.4) is 0 Å². The summed E-state index contributed by atoms with van der Waals surface area (Å²) in [6, 6.07) is 28.6. The molecular weight excluding hydrogens is 1090 g/mol. The van der Waals surface area contributed by atoms with E-state index in [-0.39, 0.29) is 126 Å². The number of aromatic amines is 1. The number of aliphatic hydroxyl groups is 5. The number of allylic oxidation sites excluding steroid dienone is 2. The van der Waals surface area contributed by atoms with E-state index in [1.165, 1.54) is 29.5 Å². The van der Waals surface area contributed by atoms with Crippen LogP contribution in [0.2, 0.25) is 0 Å². The summed E-state index contributed by atoms with van der Waals surface area (Å²) in [5, 5.41) is 83.9. The summed E-state index contributed by atoms with van der Waals surface area (Å²) in [4.78, 5) is 33.7. The third-order valence-electron chi connectivity index (χ3n) is 23.0.